The van der Waals surface area contributed by atoms with E-state index in [4.69, 9.17) is 5.11 Å². The quantitative estimate of drug-likeness (QED) is 0.662. The smallest absolute Gasteiger partial charge is 0.165 e. The molecule has 0 unspecified atom stereocenters. The van der Waals surface area contributed by atoms with Crippen molar-refractivity contribution in [1.29, 1.82) is 0 Å². The number of aliphatic hydroxyl groups excluding tert-OH is 1. The second-order valence-corrected chi connectivity index (χ2v) is 2.19. The van der Waals surface area contributed by atoms with Crippen molar-refractivity contribution in [2.24, 2.45) is 0 Å². The molecule has 1 aromatic rings. The van der Waals surface area contributed by atoms with Gasteiger partial charge in [0.2, 0.25) is 0 Å². The van der Waals surface area contributed by atoms with Crippen molar-refractivity contribution in [2.75, 3.05) is 0 Å². The van der Waals surface area contributed by atoms with Gasteiger partial charge in [0.15, 0.2) is 11.6 Å². The van der Waals surface area contributed by atoms with Crippen LogP contribution in [0.3, 0.4) is 0 Å². The Morgan fingerprint density at radius 3 is 2.45 bits per heavy atom. The van der Waals surface area contributed by atoms with Gasteiger partial charge in [0.1, 0.15) is 6.10 Å². The van der Waals surface area contributed by atoms with E-state index in [1.54, 1.807) is 0 Å². The lowest BCUT2D eigenvalue weighted by molar-refractivity contribution is 0.331. The fourth-order valence-electron chi connectivity index (χ4n) is 0.783. The van der Waals surface area contributed by atoms with E-state index in [2.05, 4.69) is 0 Å². The molecule has 0 saturated heterocycles. The fraction of sp³-hybridized carbons (Fsp3) is 0.125. The Balaban J connectivity index is 3.17. The number of halogens is 2. The predicted octanol–water partition coefficient (Wildman–Crippen LogP) is 2.24. The highest BCUT2D eigenvalue weighted by Crippen LogP contribution is 2.17. The predicted molar refractivity (Wildman–Crippen MR) is 36.3 cm³/mol. The van der Waals surface area contributed by atoms with E-state index in [1.807, 2.05) is 0 Å². The summed E-state index contributed by atoms with van der Waals surface area (Å²) in [5.41, 5.74) is -0.0926. The van der Waals surface area contributed by atoms with Gasteiger partial charge in [-0.2, -0.15) is 0 Å². The summed E-state index contributed by atoms with van der Waals surface area (Å²) in [6.45, 7) is 1.30. The third-order valence-electron chi connectivity index (χ3n) is 1.34. The number of hydrogen-bond acceptors (Lipinski definition) is 1. The van der Waals surface area contributed by atoms with Crippen LogP contribution in [0.25, 0.3) is 0 Å². The second kappa shape index (κ2) is 2.96. The van der Waals surface area contributed by atoms with E-state index in [9.17, 15) is 8.78 Å². The van der Waals surface area contributed by atoms with Gasteiger partial charge in [-0.15, -0.1) is 0 Å². The van der Waals surface area contributed by atoms with Gasteiger partial charge < -0.3 is 5.11 Å². The Hall–Kier alpha value is -0.960. The van der Waals surface area contributed by atoms with Crippen molar-refractivity contribution in [3.05, 3.63) is 41.5 Å². The first-order chi connectivity index (χ1) is 5.13. The maximum atomic E-state index is 12.7. The number of benzene rings is 1. The molecule has 0 fully saturated rings. The third-order valence-corrected chi connectivity index (χ3v) is 1.34. The van der Waals surface area contributed by atoms with Crippen molar-refractivity contribution < 1.29 is 13.9 Å². The SMILES string of the molecule is C[C](O)c1cccc(F)c1F. The minimum Gasteiger partial charge on any atom is -0.382 e. The molecule has 1 radical (unpaired) electrons. The zero-order valence-corrected chi connectivity index (χ0v) is 5.94. The molecule has 1 nitrogen and oxygen atoms in total. The summed E-state index contributed by atoms with van der Waals surface area (Å²) in [5.74, 6) is -1.96. The molecule has 0 atom stereocenters. The van der Waals surface area contributed by atoms with E-state index in [1.165, 1.54) is 19.1 Å². The first kappa shape index (κ1) is 8.14. The van der Waals surface area contributed by atoms with Gasteiger partial charge >= 0.3 is 0 Å². The molecule has 0 bridgehead atoms. The van der Waals surface area contributed by atoms with Crippen LogP contribution in [0.15, 0.2) is 18.2 Å². The van der Waals surface area contributed by atoms with Crippen molar-refractivity contribution in [3.8, 4) is 0 Å². The summed E-state index contributed by atoms with van der Waals surface area (Å²) in [5, 5.41) is 8.84. The van der Waals surface area contributed by atoms with Crippen molar-refractivity contribution >= 4 is 0 Å². The Morgan fingerprint density at radius 2 is 2.00 bits per heavy atom. The molecule has 1 rings (SSSR count). The van der Waals surface area contributed by atoms with Gasteiger partial charge in [-0.25, -0.2) is 8.78 Å². The van der Waals surface area contributed by atoms with Gasteiger partial charge in [0.05, 0.1) is 0 Å². The topological polar surface area (TPSA) is 20.2 Å². The van der Waals surface area contributed by atoms with Gasteiger partial charge in [-0.1, -0.05) is 12.1 Å². The molecule has 0 spiro atoms. The van der Waals surface area contributed by atoms with Crippen LogP contribution in [-0.2, 0) is 0 Å². The lowest BCUT2D eigenvalue weighted by atomic mass is 10.1. The van der Waals surface area contributed by atoms with Crippen molar-refractivity contribution in [2.45, 2.75) is 6.92 Å². The van der Waals surface area contributed by atoms with Crippen LogP contribution in [0, 0.1) is 17.7 Å². The number of rotatable bonds is 1. The summed E-state index contributed by atoms with van der Waals surface area (Å²) >= 11 is 0. The summed E-state index contributed by atoms with van der Waals surface area (Å²) in [6, 6.07) is 3.66. The molecule has 0 aliphatic rings. The molecule has 1 N–H and O–H groups in total. The highest BCUT2D eigenvalue weighted by atomic mass is 19.2. The van der Waals surface area contributed by atoms with Crippen LogP contribution in [0.5, 0.6) is 0 Å². The van der Waals surface area contributed by atoms with Crippen LogP contribution >= 0.6 is 0 Å². The first-order valence-corrected chi connectivity index (χ1v) is 3.10. The molecule has 0 aliphatic carbocycles. The lowest BCUT2D eigenvalue weighted by Gasteiger charge is -2.03. The molecule has 0 aliphatic heterocycles. The maximum Gasteiger partial charge on any atom is 0.165 e. The fourth-order valence-corrected chi connectivity index (χ4v) is 0.783. The molecule has 59 valence electrons. The number of aliphatic hydroxyl groups is 1. The van der Waals surface area contributed by atoms with Crippen LogP contribution in [0.4, 0.5) is 8.78 Å². The van der Waals surface area contributed by atoms with E-state index in [0.29, 0.717) is 0 Å². The van der Waals surface area contributed by atoms with Gasteiger partial charge in [0, 0.05) is 5.56 Å². The Bertz CT molecular complexity index is 258. The Labute approximate surface area is 63.3 Å². The van der Waals surface area contributed by atoms with Gasteiger partial charge in [-0.3, -0.25) is 0 Å². The molecule has 0 amide bonds. The summed E-state index contributed by atoms with van der Waals surface area (Å²) in [7, 11) is 0. The second-order valence-electron chi connectivity index (χ2n) is 2.19. The molecule has 1 aromatic carbocycles. The maximum absolute atomic E-state index is 12.7. The van der Waals surface area contributed by atoms with Crippen LogP contribution in [0.2, 0.25) is 0 Å². The highest BCUT2D eigenvalue weighted by Gasteiger charge is 2.11. The zero-order chi connectivity index (χ0) is 8.43. The third kappa shape index (κ3) is 1.54. The van der Waals surface area contributed by atoms with Crippen LogP contribution in [-0.4, -0.2) is 5.11 Å². The zero-order valence-electron chi connectivity index (χ0n) is 5.94. The largest absolute Gasteiger partial charge is 0.382 e. The van der Waals surface area contributed by atoms with Gasteiger partial charge in [0.25, 0.3) is 0 Å². The molecule has 0 saturated carbocycles. The first-order valence-electron chi connectivity index (χ1n) is 3.10. The lowest BCUT2D eigenvalue weighted by Crippen LogP contribution is -1.98. The summed E-state index contributed by atoms with van der Waals surface area (Å²) in [4.78, 5) is 0. The molecular formula is C8H7F2O. The molecule has 0 aromatic heterocycles. The van der Waals surface area contributed by atoms with E-state index < -0.39 is 11.6 Å². The van der Waals surface area contributed by atoms with Crippen molar-refractivity contribution in [1.82, 2.24) is 0 Å². The van der Waals surface area contributed by atoms with E-state index in [-0.39, 0.29) is 11.7 Å². The molecule has 3 heteroatoms. The Kier molecular flexibility index (Phi) is 2.19. The molecule has 0 heterocycles. The standard InChI is InChI=1S/C8H7F2O/c1-5(11)6-3-2-4-7(9)8(6)10/h2-4,11H,1H3. The van der Waals surface area contributed by atoms with Crippen LogP contribution in [0.1, 0.15) is 12.5 Å². The highest BCUT2D eigenvalue weighted by molar-refractivity contribution is 5.27. The molecule has 11 heavy (non-hydrogen) atoms. The average Bonchev–Trinajstić information content (AvgIpc) is 1.94. The minimum absolute atomic E-state index is 0.0926. The number of hydrogen-bond donors (Lipinski definition) is 1. The normalized spacial score (nSPS) is 10.6. The van der Waals surface area contributed by atoms with E-state index in [0.717, 1.165) is 6.07 Å². The Morgan fingerprint density at radius 1 is 1.36 bits per heavy atom. The molecular weight excluding hydrogens is 150 g/mol. The summed E-state index contributed by atoms with van der Waals surface area (Å²) < 4.78 is 25.1. The van der Waals surface area contributed by atoms with Crippen molar-refractivity contribution in [3.63, 3.8) is 0 Å². The average molecular weight is 157 g/mol. The van der Waals surface area contributed by atoms with E-state index >= 15 is 0 Å². The van der Waals surface area contributed by atoms with Crippen LogP contribution < -0.4 is 0 Å². The minimum atomic E-state index is -1.01. The summed E-state index contributed by atoms with van der Waals surface area (Å²) in [6.07, 6.45) is -0.220. The monoisotopic (exact) mass is 157 g/mol. The van der Waals surface area contributed by atoms with Gasteiger partial charge in [-0.05, 0) is 13.0 Å².